The van der Waals surface area contributed by atoms with Crippen molar-refractivity contribution in [3.05, 3.63) is 97.2 Å². The van der Waals surface area contributed by atoms with E-state index in [0.29, 0.717) is 17.4 Å². The van der Waals surface area contributed by atoms with Gasteiger partial charge in [0, 0.05) is 12.8 Å². The number of phosphoric ester groups is 1. The molecule has 0 aliphatic carbocycles. The highest BCUT2D eigenvalue weighted by molar-refractivity contribution is 7.47. The number of hydrogen-bond donors (Lipinski definition) is 2. The molecule has 0 radical (unpaired) electrons. The summed E-state index contributed by atoms with van der Waals surface area (Å²) in [6.07, 6.45) is 88.4. The fraction of sp³-hybridized carbons (Fsp3) is 0.763. The second kappa shape index (κ2) is 64.9. The fourth-order valence-electron chi connectivity index (χ4n) is 10.2. The Morgan fingerprint density at radius 3 is 1.14 bits per heavy atom. The summed E-state index contributed by atoms with van der Waals surface area (Å²) in [5, 5.41) is 3.07. The molecule has 0 aliphatic rings. The topological polar surface area (TPSA) is 111 Å². The monoisotopic (exact) mass is 1220 g/mol. The molecule has 0 rings (SSSR count). The van der Waals surface area contributed by atoms with Gasteiger partial charge in [-0.15, -0.1) is 0 Å². The largest absolute Gasteiger partial charge is 0.472 e. The molecule has 0 aromatic heterocycles. The van der Waals surface area contributed by atoms with Gasteiger partial charge in [-0.25, -0.2) is 4.57 Å². The van der Waals surface area contributed by atoms with Gasteiger partial charge in [0.05, 0.1) is 33.8 Å². The zero-order chi connectivity index (χ0) is 62.8. The Kier molecular flexibility index (Phi) is 62.6. The number of nitrogens with zero attached hydrogens (tertiary/aromatic N) is 1. The standard InChI is InChI=1S/C76H137N2O7P/c1-7-10-13-16-19-22-25-28-30-32-34-36-37-38-39-40-41-43-45-47-49-51-54-57-60-63-66-69-76(80)85-74(67-64-61-58-55-52-27-24-21-18-15-12-9-3)73(72-84-86(81,82)83-71-70-78(4,5)6)77-75(79)68-65-62-59-56-53-50-48-46-44-42-35-33-31-29-26-23-20-17-14-11-8-2/h10,13,19-20,22-23,28-31,34,36,38-39,64,67,73-74H,7-9,11-12,14-18,21,24-27,32-33,35,37,40-63,65-66,68-72H2,1-6H3,(H-,77,79,81,82)/p+1/b13-10-,22-19-,23-20-,30-28-,31-29-,36-34-,39-38-,67-64-. The third kappa shape index (κ3) is 65.4. The normalized spacial score (nSPS) is 14.1. The van der Waals surface area contributed by atoms with Crippen molar-refractivity contribution >= 4 is 19.7 Å². The molecule has 0 saturated heterocycles. The third-order valence-corrected chi connectivity index (χ3v) is 16.7. The van der Waals surface area contributed by atoms with Crippen LogP contribution in [0.15, 0.2) is 97.2 Å². The Hall–Kier alpha value is -3.07. The summed E-state index contributed by atoms with van der Waals surface area (Å²) in [5.41, 5.74) is 0. The highest BCUT2D eigenvalue weighted by atomic mass is 31.2. The summed E-state index contributed by atoms with van der Waals surface area (Å²) in [5.74, 6) is -0.505. The van der Waals surface area contributed by atoms with Crippen molar-refractivity contribution in [2.45, 2.75) is 335 Å². The number of quaternary nitrogens is 1. The minimum atomic E-state index is -4.46. The highest BCUT2D eigenvalue weighted by Gasteiger charge is 2.30. The van der Waals surface area contributed by atoms with E-state index in [1.54, 1.807) is 0 Å². The number of hydrogen-bond acceptors (Lipinski definition) is 6. The summed E-state index contributed by atoms with van der Waals surface area (Å²) in [4.78, 5) is 37.9. The van der Waals surface area contributed by atoms with Crippen LogP contribution in [0.4, 0.5) is 0 Å². The SMILES string of the molecule is CC/C=C\C/C=C\C/C=C\C/C=C\C/C=C\CCCCCCCCCCCCCC(=O)OC(/C=C\CCCCCCCCCCCC)C(COP(=O)(O)OCC[N+](C)(C)C)NC(=O)CCCCCCCCCCCCC/C=C\C/C=C\CCCCC. The smallest absolute Gasteiger partial charge is 0.456 e. The molecular weight excluding hydrogens is 1080 g/mol. The lowest BCUT2D eigenvalue weighted by Crippen LogP contribution is -2.47. The predicted molar refractivity (Wildman–Crippen MR) is 374 cm³/mol. The molecule has 2 N–H and O–H groups in total. The van der Waals surface area contributed by atoms with Crippen LogP contribution in [0.3, 0.4) is 0 Å². The summed E-state index contributed by atoms with van der Waals surface area (Å²) < 4.78 is 30.8. The minimum Gasteiger partial charge on any atom is -0.456 e. The van der Waals surface area contributed by atoms with Crippen molar-refractivity contribution in [1.29, 1.82) is 0 Å². The van der Waals surface area contributed by atoms with Gasteiger partial charge < -0.3 is 19.4 Å². The molecular formula is C76H138N2O7P+. The van der Waals surface area contributed by atoms with Crippen molar-refractivity contribution in [2.24, 2.45) is 0 Å². The molecule has 0 aliphatic heterocycles. The van der Waals surface area contributed by atoms with E-state index >= 15 is 0 Å². The van der Waals surface area contributed by atoms with Crippen LogP contribution in [-0.2, 0) is 27.9 Å². The number of carbonyl (C=O) groups is 2. The van der Waals surface area contributed by atoms with E-state index in [0.717, 1.165) is 96.3 Å². The maximum atomic E-state index is 13.6. The maximum Gasteiger partial charge on any atom is 0.472 e. The quantitative estimate of drug-likeness (QED) is 0.0205. The van der Waals surface area contributed by atoms with Crippen molar-refractivity contribution < 1.29 is 37.3 Å². The number of unbranched alkanes of at least 4 members (excludes halogenated alkanes) is 35. The van der Waals surface area contributed by atoms with Gasteiger partial charge in [0.15, 0.2) is 0 Å². The van der Waals surface area contributed by atoms with Crippen LogP contribution >= 0.6 is 7.82 Å². The zero-order valence-electron chi connectivity index (χ0n) is 57.0. The number of allylic oxidation sites excluding steroid dienone is 15. The van der Waals surface area contributed by atoms with E-state index in [-0.39, 0.29) is 31.5 Å². The Balaban J connectivity index is 5.05. The van der Waals surface area contributed by atoms with Crippen LogP contribution in [0.25, 0.3) is 0 Å². The lowest BCUT2D eigenvalue weighted by molar-refractivity contribution is -0.870. The van der Waals surface area contributed by atoms with Gasteiger partial charge in [0.25, 0.3) is 0 Å². The van der Waals surface area contributed by atoms with Gasteiger partial charge in [-0.05, 0) is 109 Å². The Morgan fingerprint density at radius 2 is 0.744 bits per heavy atom. The third-order valence-electron chi connectivity index (χ3n) is 15.8. The average molecular weight is 1220 g/mol. The molecule has 0 fully saturated rings. The summed E-state index contributed by atoms with van der Waals surface area (Å²) in [6, 6.07) is -0.856. The van der Waals surface area contributed by atoms with Gasteiger partial charge in [-0.1, -0.05) is 298 Å². The van der Waals surface area contributed by atoms with Crippen LogP contribution in [0.1, 0.15) is 323 Å². The molecule has 0 spiro atoms. The number of ether oxygens (including phenoxy) is 1. The number of rotatable bonds is 65. The number of phosphoric acid groups is 1. The van der Waals surface area contributed by atoms with Crippen molar-refractivity contribution in [1.82, 2.24) is 5.32 Å². The number of nitrogens with one attached hydrogen (secondary N) is 1. The fourth-order valence-corrected chi connectivity index (χ4v) is 11.0. The Labute approximate surface area is 532 Å². The number of amides is 1. The molecule has 3 atom stereocenters. The van der Waals surface area contributed by atoms with E-state index in [1.807, 2.05) is 33.3 Å². The summed E-state index contributed by atoms with van der Waals surface area (Å²) in [6.45, 7) is 6.90. The first-order valence-electron chi connectivity index (χ1n) is 36.1. The van der Waals surface area contributed by atoms with Crippen LogP contribution in [0.5, 0.6) is 0 Å². The van der Waals surface area contributed by atoms with Gasteiger partial charge in [-0.3, -0.25) is 18.6 Å². The number of carbonyl (C=O) groups excluding carboxylic acids is 2. The van der Waals surface area contributed by atoms with Crippen LogP contribution in [0.2, 0.25) is 0 Å². The van der Waals surface area contributed by atoms with E-state index in [2.05, 4.69) is 111 Å². The van der Waals surface area contributed by atoms with E-state index in [9.17, 15) is 19.0 Å². The molecule has 3 unspecified atom stereocenters. The van der Waals surface area contributed by atoms with Crippen molar-refractivity contribution in [3.63, 3.8) is 0 Å². The van der Waals surface area contributed by atoms with Crippen LogP contribution < -0.4 is 5.32 Å². The van der Waals surface area contributed by atoms with Gasteiger partial charge in [0.2, 0.25) is 5.91 Å². The molecule has 0 bridgehead atoms. The van der Waals surface area contributed by atoms with Gasteiger partial charge in [-0.2, -0.15) is 0 Å². The number of esters is 1. The Bertz CT molecular complexity index is 1790. The average Bonchev–Trinajstić information content (AvgIpc) is 3.65. The van der Waals surface area contributed by atoms with Gasteiger partial charge in [0.1, 0.15) is 19.3 Å². The molecule has 0 heterocycles. The first-order chi connectivity index (χ1) is 41.9. The molecule has 0 aromatic carbocycles. The van der Waals surface area contributed by atoms with Crippen LogP contribution in [0, 0.1) is 0 Å². The molecule has 1 amide bonds. The van der Waals surface area contributed by atoms with E-state index < -0.39 is 20.0 Å². The highest BCUT2D eigenvalue weighted by Crippen LogP contribution is 2.43. The number of likely N-dealkylation sites (N-methyl/N-ethyl adjacent to an activating group) is 1. The van der Waals surface area contributed by atoms with Gasteiger partial charge >= 0.3 is 13.8 Å². The molecule has 10 heteroatoms. The zero-order valence-corrected chi connectivity index (χ0v) is 57.9. The van der Waals surface area contributed by atoms with Crippen molar-refractivity contribution in [3.8, 4) is 0 Å². The van der Waals surface area contributed by atoms with E-state index in [1.165, 1.54) is 193 Å². The Morgan fingerprint density at radius 1 is 0.419 bits per heavy atom. The first-order valence-corrected chi connectivity index (χ1v) is 37.6. The minimum absolute atomic E-state index is 0.0366. The molecule has 498 valence electrons. The predicted octanol–water partition coefficient (Wildman–Crippen LogP) is 23.1. The lowest BCUT2D eigenvalue weighted by atomic mass is 10.0. The molecule has 9 nitrogen and oxygen atoms in total. The van der Waals surface area contributed by atoms with Crippen molar-refractivity contribution in [2.75, 3.05) is 40.9 Å². The van der Waals surface area contributed by atoms with Crippen LogP contribution in [-0.4, -0.2) is 74.3 Å². The maximum absolute atomic E-state index is 13.6. The van der Waals surface area contributed by atoms with E-state index in [4.69, 9.17) is 13.8 Å². The first kappa shape index (κ1) is 82.9. The molecule has 86 heavy (non-hydrogen) atoms. The summed E-state index contributed by atoms with van der Waals surface area (Å²) >= 11 is 0. The lowest BCUT2D eigenvalue weighted by Gasteiger charge is -2.27. The second-order valence-corrected chi connectivity index (χ2v) is 26.8. The molecule has 0 aromatic rings. The summed E-state index contributed by atoms with van der Waals surface area (Å²) in [7, 11) is 1.49. The second-order valence-electron chi connectivity index (χ2n) is 25.4. The molecule has 0 saturated carbocycles.